The van der Waals surface area contributed by atoms with Gasteiger partial charge in [0.25, 0.3) is 0 Å². The van der Waals surface area contributed by atoms with E-state index >= 15 is 0 Å². The van der Waals surface area contributed by atoms with Crippen LogP contribution in [0.15, 0.2) is 0 Å². The zero-order chi connectivity index (χ0) is 11.3. The highest BCUT2D eigenvalue weighted by molar-refractivity contribution is 5.80. The molecule has 1 fully saturated rings. The van der Waals surface area contributed by atoms with Crippen LogP contribution in [0.2, 0.25) is 0 Å². The smallest absolute Gasteiger partial charge is 0.236 e. The Morgan fingerprint density at radius 2 is 1.93 bits per heavy atom. The number of nitrogens with two attached hydrogens (primary N) is 1. The third kappa shape index (κ3) is 4.18. The monoisotopic (exact) mass is 214 g/mol. The van der Waals surface area contributed by atoms with Crippen LogP contribution in [0.3, 0.4) is 0 Å². The molecule has 1 saturated carbocycles. The largest absolute Gasteiger partial charge is 0.388 e. The molecule has 0 aromatic rings. The van der Waals surface area contributed by atoms with Crippen molar-refractivity contribution in [2.24, 2.45) is 5.73 Å². The van der Waals surface area contributed by atoms with E-state index in [2.05, 4.69) is 5.32 Å². The normalized spacial score (nSPS) is 22.9. The summed E-state index contributed by atoms with van der Waals surface area (Å²) in [5, 5.41) is 12.9. The van der Waals surface area contributed by atoms with Crippen molar-refractivity contribution in [1.29, 1.82) is 0 Å². The molecular formula is C11H22N2O2. The summed E-state index contributed by atoms with van der Waals surface area (Å²) in [5.41, 5.74) is 4.72. The maximum absolute atomic E-state index is 11.3. The van der Waals surface area contributed by atoms with Crippen LogP contribution in [-0.4, -0.2) is 29.2 Å². The van der Waals surface area contributed by atoms with Gasteiger partial charge in [0, 0.05) is 6.54 Å². The summed E-state index contributed by atoms with van der Waals surface area (Å²) >= 11 is 0. The lowest BCUT2D eigenvalue weighted by Gasteiger charge is -2.27. The van der Waals surface area contributed by atoms with Crippen LogP contribution in [0.5, 0.6) is 0 Å². The highest BCUT2D eigenvalue weighted by Gasteiger charge is 2.28. The van der Waals surface area contributed by atoms with Crippen LogP contribution < -0.4 is 11.1 Å². The van der Waals surface area contributed by atoms with Gasteiger partial charge in [-0.1, -0.05) is 25.7 Å². The fourth-order valence-corrected chi connectivity index (χ4v) is 1.98. The standard InChI is InChI=1S/C11H22N2O2/c1-9(12)10(14)13-8-11(15)6-4-2-3-5-7-11/h9,15H,2-8,12H2,1H3,(H,13,14)/t9-/m0/s1. The molecule has 0 aromatic heterocycles. The van der Waals surface area contributed by atoms with Crippen molar-refractivity contribution in [3.8, 4) is 0 Å². The number of aliphatic hydroxyl groups is 1. The van der Waals surface area contributed by atoms with E-state index in [-0.39, 0.29) is 5.91 Å². The summed E-state index contributed by atoms with van der Waals surface area (Å²) in [7, 11) is 0. The van der Waals surface area contributed by atoms with E-state index in [1.54, 1.807) is 6.92 Å². The van der Waals surface area contributed by atoms with E-state index in [0.717, 1.165) is 25.7 Å². The Morgan fingerprint density at radius 1 is 1.40 bits per heavy atom. The molecule has 0 unspecified atom stereocenters. The van der Waals surface area contributed by atoms with Crippen LogP contribution >= 0.6 is 0 Å². The van der Waals surface area contributed by atoms with Crippen molar-refractivity contribution >= 4 is 5.91 Å². The number of hydrogen-bond donors (Lipinski definition) is 3. The lowest BCUT2D eigenvalue weighted by molar-refractivity contribution is -0.123. The van der Waals surface area contributed by atoms with E-state index < -0.39 is 11.6 Å². The molecule has 0 saturated heterocycles. The molecule has 15 heavy (non-hydrogen) atoms. The minimum Gasteiger partial charge on any atom is -0.388 e. The fourth-order valence-electron chi connectivity index (χ4n) is 1.98. The Morgan fingerprint density at radius 3 is 2.40 bits per heavy atom. The SMILES string of the molecule is C[C@H](N)C(=O)NCC1(O)CCCCCC1. The molecule has 4 N–H and O–H groups in total. The van der Waals surface area contributed by atoms with Gasteiger partial charge in [0.05, 0.1) is 11.6 Å². The van der Waals surface area contributed by atoms with Crippen LogP contribution in [0.25, 0.3) is 0 Å². The highest BCUT2D eigenvalue weighted by Crippen LogP contribution is 2.26. The van der Waals surface area contributed by atoms with Gasteiger partial charge in [0.2, 0.25) is 5.91 Å². The van der Waals surface area contributed by atoms with Gasteiger partial charge >= 0.3 is 0 Å². The first-order chi connectivity index (χ1) is 7.03. The first-order valence-electron chi connectivity index (χ1n) is 5.79. The van der Waals surface area contributed by atoms with Gasteiger partial charge in [-0.2, -0.15) is 0 Å². The molecule has 0 aromatic carbocycles. The molecule has 1 aliphatic carbocycles. The van der Waals surface area contributed by atoms with Crippen molar-refractivity contribution in [3.05, 3.63) is 0 Å². The average Bonchev–Trinajstić information content (AvgIpc) is 2.40. The van der Waals surface area contributed by atoms with Crippen LogP contribution in [-0.2, 0) is 4.79 Å². The van der Waals surface area contributed by atoms with Crippen LogP contribution in [0, 0.1) is 0 Å². The summed E-state index contributed by atoms with van der Waals surface area (Å²) in [6, 6.07) is -0.501. The van der Waals surface area contributed by atoms with E-state index in [1.165, 1.54) is 12.8 Å². The lowest BCUT2D eigenvalue weighted by Crippen LogP contribution is -2.47. The molecule has 0 spiro atoms. The van der Waals surface area contributed by atoms with Crippen molar-refractivity contribution in [1.82, 2.24) is 5.32 Å². The Labute approximate surface area is 91.2 Å². The first kappa shape index (κ1) is 12.5. The quantitative estimate of drug-likeness (QED) is 0.600. The lowest BCUT2D eigenvalue weighted by atomic mass is 9.94. The van der Waals surface area contributed by atoms with Crippen molar-refractivity contribution in [3.63, 3.8) is 0 Å². The zero-order valence-electron chi connectivity index (χ0n) is 9.46. The molecular weight excluding hydrogens is 192 g/mol. The molecule has 0 heterocycles. The number of hydrogen-bond acceptors (Lipinski definition) is 3. The third-order valence-electron chi connectivity index (χ3n) is 3.04. The van der Waals surface area contributed by atoms with E-state index in [4.69, 9.17) is 5.73 Å². The van der Waals surface area contributed by atoms with Gasteiger partial charge in [-0.25, -0.2) is 0 Å². The second-order valence-electron chi connectivity index (χ2n) is 4.65. The Balaban J connectivity index is 2.37. The number of carbonyl (C=O) groups is 1. The third-order valence-corrected chi connectivity index (χ3v) is 3.04. The number of carbonyl (C=O) groups excluding carboxylic acids is 1. The Bertz CT molecular complexity index is 209. The van der Waals surface area contributed by atoms with Gasteiger partial charge in [-0.15, -0.1) is 0 Å². The predicted molar refractivity (Wildman–Crippen MR) is 59.3 cm³/mol. The van der Waals surface area contributed by atoms with Crippen molar-refractivity contribution < 1.29 is 9.90 Å². The maximum atomic E-state index is 11.3. The second kappa shape index (κ2) is 5.47. The molecule has 4 heteroatoms. The minimum atomic E-state index is -0.707. The number of nitrogens with one attached hydrogen (secondary N) is 1. The van der Waals surface area contributed by atoms with Gasteiger partial charge in [-0.05, 0) is 19.8 Å². The topological polar surface area (TPSA) is 75.4 Å². The van der Waals surface area contributed by atoms with Gasteiger partial charge in [0.1, 0.15) is 0 Å². The van der Waals surface area contributed by atoms with E-state index in [0.29, 0.717) is 6.54 Å². The molecule has 1 aliphatic rings. The van der Waals surface area contributed by atoms with E-state index in [1.807, 2.05) is 0 Å². The zero-order valence-corrected chi connectivity index (χ0v) is 9.46. The molecule has 0 bridgehead atoms. The summed E-state index contributed by atoms with van der Waals surface area (Å²) in [6.45, 7) is 1.99. The Hall–Kier alpha value is -0.610. The predicted octanol–water partition coefficient (Wildman–Crippen LogP) is 0.535. The number of rotatable bonds is 3. The highest BCUT2D eigenvalue weighted by atomic mass is 16.3. The molecule has 0 aliphatic heterocycles. The summed E-state index contributed by atoms with van der Waals surface area (Å²) < 4.78 is 0. The van der Waals surface area contributed by atoms with Crippen molar-refractivity contribution in [2.75, 3.05) is 6.54 Å². The summed E-state index contributed by atoms with van der Waals surface area (Å²) in [5.74, 6) is -0.187. The van der Waals surface area contributed by atoms with Crippen LogP contribution in [0.4, 0.5) is 0 Å². The van der Waals surface area contributed by atoms with Crippen LogP contribution in [0.1, 0.15) is 45.4 Å². The molecule has 0 radical (unpaired) electrons. The molecule has 1 amide bonds. The average molecular weight is 214 g/mol. The second-order valence-corrected chi connectivity index (χ2v) is 4.65. The number of amides is 1. The van der Waals surface area contributed by atoms with Gasteiger partial charge in [0.15, 0.2) is 0 Å². The first-order valence-corrected chi connectivity index (χ1v) is 5.79. The van der Waals surface area contributed by atoms with Gasteiger partial charge < -0.3 is 16.2 Å². The minimum absolute atomic E-state index is 0.187. The van der Waals surface area contributed by atoms with Gasteiger partial charge in [-0.3, -0.25) is 4.79 Å². The maximum Gasteiger partial charge on any atom is 0.236 e. The summed E-state index contributed by atoms with van der Waals surface area (Å²) in [6.07, 6.45) is 6.03. The molecule has 1 rings (SSSR count). The fraction of sp³-hybridized carbons (Fsp3) is 0.909. The molecule has 88 valence electrons. The molecule has 4 nitrogen and oxygen atoms in total. The molecule has 1 atom stereocenters. The summed E-state index contributed by atoms with van der Waals surface area (Å²) in [4.78, 5) is 11.3. The van der Waals surface area contributed by atoms with Crippen molar-refractivity contribution in [2.45, 2.75) is 57.1 Å². The van der Waals surface area contributed by atoms with E-state index in [9.17, 15) is 9.90 Å². The Kier molecular flexibility index (Phi) is 4.54.